The molecule has 0 bridgehead atoms. The van der Waals surface area contributed by atoms with Crippen molar-refractivity contribution >= 4 is 29.4 Å². The van der Waals surface area contributed by atoms with Crippen molar-refractivity contribution in [1.82, 2.24) is 0 Å². The summed E-state index contributed by atoms with van der Waals surface area (Å²) in [5, 5.41) is 14.9. The van der Waals surface area contributed by atoms with Crippen LogP contribution < -0.4 is 5.43 Å². The molecule has 0 spiro atoms. The summed E-state index contributed by atoms with van der Waals surface area (Å²) in [5.74, 6) is 0. The van der Waals surface area contributed by atoms with Gasteiger partial charge in [-0.25, -0.2) is 0 Å². The number of benzene rings is 2. The van der Waals surface area contributed by atoms with Crippen molar-refractivity contribution in [3.63, 3.8) is 0 Å². The van der Waals surface area contributed by atoms with Crippen molar-refractivity contribution in [3.8, 4) is 0 Å². The number of rotatable bonds is 5. The van der Waals surface area contributed by atoms with E-state index < -0.39 is 4.92 Å². The molecule has 0 aliphatic carbocycles. The van der Waals surface area contributed by atoms with E-state index in [2.05, 4.69) is 10.5 Å². The van der Waals surface area contributed by atoms with Crippen LogP contribution in [0.4, 0.5) is 11.4 Å². The van der Waals surface area contributed by atoms with Crippen LogP contribution in [0, 0.1) is 10.1 Å². The third-order valence-corrected chi connectivity index (χ3v) is 3.36. The first-order valence-corrected chi connectivity index (χ1v) is 7.10. The van der Waals surface area contributed by atoms with Gasteiger partial charge in [-0.05, 0) is 30.0 Å². The molecule has 0 aliphatic rings. The highest BCUT2D eigenvalue weighted by Gasteiger charge is 2.10. The molecule has 0 fully saturated rings. The largest absolute Gasteiger partial charge is 0.294 e. The van der Waals surface area contributed by atoms with E-state index in [1.807, 2.05) is 30.5 Å². The molecule has 20 heavy (non-hydrogen) atoms. The van der Waals surface area contributed by atoms with E-state index in [1.54, 1.807) is 36.2 Å². The van der Waals surface area contributed by atoms with Gasteiger partial charge in [-0.3, -0.25) is 15.5 Å². The minimum Gasteiger partial charge on any atom is -0.272 e. The Labute approximate surface area is 120 Å². The van der Waals surface area contributed by atoms with Crippen molar-refractivity contribution in [3.05, 3.63) is 64.2 Å². The van der Waals surface area contributed by atoms with Gasteiger partial charge in [-0.15, -0.1) is 11.8 Å². The number of para-hydroxylation sites is 2. The lowest BCUT2D eigenvalue weighted by atomic mass is 10.2. The van der Waals surface area contributed by atoms with E-state index in [0.29, 0.717) is 5.69 Å². The quantitative estimate of drug-likeness (QED) is 0.393. The Hall–Kier alpha value is -2.34. The molecule has 1 N–H and O–H groups in total. The molecule has 2 aromatic rings. The Bertz CT molecular complexity index is 627. The van der Waals surface area contributed by atoms with Gasteiger partial charge in [0.2, 0.25) is 0 Å². The summed E-state index contributed by atoms with van der Waals surface area (Å²) >= 11 is 1.67. The zero-order valence-electron chi connectivity index (χ0n) is 10.8. The van der Waals surface area contributed by atoms with Gasteiger partial charge in [0.1, 0.15) is 5.69 Å². The molecule has 0 amide bonds. The predicted octanol–water partition coefficient (Wildman–Crippen LogP) is 3.76. The van der Waals surface area contributed by atoms with Crippen molar-refractivity contribution in [2.45, 2.75) is 4.90 Å². The normalized spacial score (nSPS) is 10.7. The molecule has 0 saturated carbocycles. The second-order valence-corrected chi connectivity index (χ2v) is 4.80. The van der Waals surface area contributed by atoms with Gasteiger partial charge in [0.15, 0.2) is 0 Å². The molecule has 5 nitrogen and oxygen atoms in total. The number of hydrogen-bond donors (Lipinski definition) is 1. The molecule has 0 atom stereocenters. The number of anilines is 1. The van der Waals surface area contributed by atoms with Crippen molar-refractivity contribution in [2.24, 2.45) is 5.10 Å². The number of nitrogens with one attached hydrogen (secondary N) is 1. The maximum absolute atomic E-state index is 10.8. The van der Waals surface area contributed by atoms with Gasteiger partial charge >= 0.3 is 0 Å². The SMILES string of the molecule is CSc1ccc(C=NNc2ccccc2[N+](=O)[O-])cc1. The summed E-state index contributed by atoms with van der Waals surface area (Å²) in [7, 11) is 0. The van der Waals surface area contributed by atoms with E-state index in [4.69, 9.17) is 0 Å². The van der Waals surface area contributed by atoms with E-state index in [0.717, 1.165) is 5.56 Å². The fourth-order valence-electron chi connectivity index (χ4n) is 1.59. The van der Waals surface area contributed by atoms with Crippen LogP contribution in [-0.4, -0.2) is 17.4 Å². The lowest BCUT2D eigenvalue weighted by Crippen LogP contribution is -1.96. The van der Waals surface area contributed by atoms with Crippen molar-refractivity contribution in [2.75, 3.05) is 11.7 Å². The topological polar surface area (TPSA) is 67.5 Å². The lowest BCUT2D eigenvalue weighted by Gasteiger charge is -2.01. The Morgan fingerprint density at radius 3 is 2.55 bits per heavy atom. The molecular formula is C14H13N3O2S. The zero-order chi connectivity index (χ0) is 14.4. The first kappa shape index (κ1) is 14.1. The molecule has 2 rings (SSSR count). The first-order chi connectivity index (χ1) is 9.70. The third-order valence-electron chi connectivity index (χ3n) is 2.62. The van der Waals surface area contributed by atoms with Gasteiger partial charge in [0.25, 0.3) is 5.69 Å². The molecule has 0 heterocycles. The number of nitro groups is 1. The van der Waals surface area contributed by atoms with Crippen LogP contribution >= 0.6 is 11.8 Å². The lowest BCUT2D eigenvalue weighted by molar-refractivity contribution is -0.384. The minimum absolute atomic E-state index is 0.00220. The molecule has 2 aromatic carbocycles. The maximum atomic E-state index is 10.8. The van der Waals surface area contributed by atoms with E-state index in [-0.39, 0.29) is 5.69 Å². The van der Waals surface area contributed by atoms with Gasteiger partial charge in [-0.1, -0.05) is 24.3 Å². The molecule has 0 aliphatic heterocycles. The van der Waals surface area contributed by atoms with Crippen LogP contribution in [0.2, 0.25) is 0 Å². The van der Waals surface area contributed by atoms with Crippen molar-refractivity contribution in [1.29, 1.82) is 0 Å². The van der Waals surface area contributed by atoms with E-state index >= 15 is 0 Å². The fourth-order valence-corrected chi connectivity index (χ4v) is 2.00. The van der Waals surface area contributed by atoms with Crippen LogP contribution in [0.5, 0.6) is 0 Å². The average molecular weight is 287 g/mol. The Balaban J connectivity index is 2.08. The summed E-state index contributed by atoms with van der Waals surface area (Å²) in [6, 6.07) is 14.3. The summed E-state index contributed by atoms with van der Waals surface area (Å²) < 4.78 is 0. The molecule has 0 saturated heterocycles. The van der Waals surface area contributed by atoms with Crippen LogP contribution in [0.15, 0.2) is 58.5 Å². The Kier molecular flexibility index (Phi) is 4.73. The smallest absolute Gasteiger partial charge is 0.272 e. The van der Waals surface area contributed by atoms with E-state index in [9.17, 15) is 10.1 Å². The van der Waals surface area contributed by atoms with Crippen molar-refractivity contribution < 1.29 is 4.92 Å². The molecule has 6 heteroatoms. The minimum atomic E-state index is -0.439. The van der Waals surface area contributed by atoms with Crippen LogP contribution in [-0.2, 0) is 0 Å². The van der Waals surface area contributed by atoms with Crippen LogP contribution in [0.3, 0.4) is 0 Å². The summed E-state index contributed by atoms with van der Waals surface area (Å²) in [5.41, 5.74) is 3.99. The second kappa shape index (κ2) is 6.72. The molecule has 102 valence electrons. The second-order valence-electron chi connectivity index (χ2n) is 3.92. The average Bonchev–Trinajstić information content (AvgIpc) is 2.48. The first-order valence-electron chi connectivity index (χ1n) is 5.87. The van der Waals surface area contributed by atoms with Crippen LogP contribution in [0.25, 0.3) is 0 Å². The third kappa shape index (κ3) is 3.58. The van der Waals surface area contributed by atoms with Gasteiger partial charge in [0, 0.05) is 11.0 Å². The van der Waals surface area contributed by atoms with Gasteiger partial charge in [0.05, 0.1) is 11.1 Å². The summed E-state index contributed by atoms with van der Waals surface area (Å²) in [4.78, 5) is 11.6. The highest BCUT2D eigenvalue weighted by molar-refractivity contribution is 7.98. The number of hydrogen-bond acceptors (Lipinski definition) is 5. The zero-order valence-corrected chi connectivity index (χ0v) is 11.6. The highest BCUT2D eigenvalue weighted by Crippen LogP contribution is 2.22. The van der Waals surface area contributed by atoms with E-state index in [1.165, 1.54) is 11.0 Å². The van der Waals surface area contributed by atoms with Gasteiger partial charge < -0.3 is 0 Å². The molecule has 0 aromatic heterocycles. The number of nitrogens with zero attached hydrogens (tertiary/aromatic N) is 2. The molecule has 0 radical (unpaired) electrons. The summed E-state index contributed by atoms with van der Waals surface area (Å²) in [6.07, 6.45) is 3.64. The number of nitro benzene ring substituents is 1. The Morgan fingerprint density at radius 1 is 1.20 bits per heavy atom. The predicted molar refractivity (Wildman–Crippen MR) is 82.5 cm³/mol. The number of hydrazone groups is 1. The maximum Gasteiger partial charge on any atom is 0.294 e. The Morgan fingerprint density at radius 2 is 1.90 bits per heavy atom. The number of thioether (sulfide) groups is 1. The summed E-state index contributed by atoms with van der Waals surface area (Å²) in [6.45, 7) is 0. The standard InChI is InChI=1S/C14H13N3O2S/c1-20-12-8-6-11(7-9-12)10-15-16-13-4-2-3-5-14(13)17(18)19/h2-10,16H,1H3. The molecule has 0 unspecified atom stereocenters. The molecular weight excluding hydrogens is 274 g/mol. The fraction of sp³-hybridized carbons (Fsp3) is 0.0714. The van der Waals surface area contributed by atoms with Crippen LogP contribution in [0.1, 0.15) is 5.56 Å². The van der Waals surface area contributed by atoms with Gasteiger partial charge in [-0.2, -0.15) is 5.10 Å². The highest BCUT2D eigenvalue weighted by atomic mass is 32.2. The monoisotopic (exact) mass is 287 g/mol.